The third-order valence-corrected chi connectivity index (χ3v) is 5.25. The van der Waals surface area contributed by atoms with E-state index in [-0.39, 0.29) is 21.8 Å². The van der Waals surface area contributed by atoms with E-state index in [2.05, 4.69) is 15.5 Å². The molecule has 8 heteroatoms. The molecule has 29 heavy (non-hydrogen) atoms. The lowest BCUT2D eigenvalue weighted by atomic mass is 10.1. The number of amides is 1. The smallest absolute Gasteiger partial charge is 0.286 e. The van der Waals surface area contributed by atoms with Crippen molar-refractivity contribution in [3.63, 3.8) is 0 Å². The third-order valence-electron chi connectivity index (χ3n) is 3.89. The first kappa shape index (κ1) is 19.0. The summed E-state index contributed by atoms with van der Waals surface area (Å²) in [5.41, 5.74) is 1.02. The van der Waals surface area contributed by atoms with Crippen LogP contribution in [-0.4, -0.2) is 16.1 Å². The normalized spacial score (nSPS) is 11.4. The summed E-state index contributed by atoms with van der Waals surface area (Å²) >= 11 is 7.37. The molecule has 5 nitrogen and oxygen atoms in total. The van der Waals surface area contributed by atoms with Crippen LogP contribution < -0.4 is 5.32 Å². The van der Waals surface area contributed by atoms with Crippen molar-refractivity contribution in [3.05, 3.63) is 88.3 Å². The number of hydrogen-bond donors (Lipinski definition) is 1. The monoisotopic (exact) mass is 425 g/mol. The first-order chi connectivity index (χ1) is 14.1. The van der Waals surface area contributed by atoms with Gasteiger partial charge in [-0.25, -0.2) is 4.39 Å². The number of anilines is 1. The second kappa shape index (κ2) is 8.38. The van der Waals surface area contributed by atoms with Crippen LogP contribution in [0.5, 0.6) is 0 Å². The standard InChI is InChI=1S/C21H13ClFN3O2S/c22-16(12-14-10-11-18(28-14)15-8-4-5-9-17(15)23)20-25-26-21(29-20)19(27)24-13-6-2-1-3-7-13/h1-12H,(H,24,27)/b16-12-. The molecule has 0 saturated carbocycles. The number of aromatic nitrogens is 2. The zero-order chi connectivity index (χ0) is 20.2. The Hall–Kier alpha value is -3.29. The molecule has 0 atom stereocenters. The van der Waals surface area contributed by atoms with Gasteiger partial charge < -0.3 is 9.73 Å². The van der Waals surface area contributed by atoms with Gasteiger partial charge in [0.25, 0.3) is 5.91 Å². The first-order valence-corrected chi connectivity index (χ1v) is 9.72. The molecule has 0 aliphatic carbocycles. The number of hydrogen-bond acceptors (Lipinski definition) is 5. The molecule has 0 radical (unpaired) electrons. The Bertz CT molecular complexity index is 1190. The minimum absolute atomic E-state index is 0.182. The van der Waals surface area contributed by atoms with Crippen molar-refractivity contribution in [1.82, 2.24) is 10.2 Å². The van der Waals surface area contributed by atoms with Crippen LogP contribution in [0.2, 0.25) is 0 Å². The third kappa shape index (κ3) is 4.42. The van der Waals surface area contributed by atoms with Crippen LogP contribution in [0.15, 0.2) is 71.1 Å². The highest BCUT2D eigenvalue weighted by Gasteiger charge is 2.15. The van der Waals surface area contributed by atoms with E-state index in [1.807, 2.05) is 18.2 Å². The average molecular weight is 426 g/mol. The van der Waals surface area contributed by atoms with Crippen molar-refractivity contribution in [2.45, 2.75) is 0 Å². The molecule has 0 fully saturated rings. The second-order valence-corrected chi connectivity index (χ2v) is 7.29. The highest BCUT2D eigenvalue weighted by molar-refractivity contribution is 7.15. The van der Waals surface area contributed by atoms with Gasteiger partial charge >= 0.3 is 0 Å². The summed E-state index contributed by atoms with van der Waals surface area (Å²) in [5, 5.41) is 11.4. The number of nitrogens with one attached hydrogen (secondary N) is 1. The summed E-state index contributed by atoms with van der Waals surface area (Å²) in [6.07, 6.45) is 1.55. The number of rotatable bonds is 5. The zero-order valence-electron chi connectivity index (χ0n) is 14.8. The molecule has 4 aromatic rings. The van der Waals surface area contributed by atoms with Gasteiger partial charge in [-0.3, -0.25) is 4.79 Å². The van der Waals surface area contributed by atoms with E-state index in [1.165, 1.54) is 6.07 Å². The Morgan fingerprint density at radius 2 is 1.72 bits per heavy atom. The summed E-state index contributed by atoms with van der Waals surface area (Å²) in [6.45, 7) is 0. The molecule has 0 bridgehead atoms. The maximum atomic E-state index is 13.9. The molecule has 0 saturated heterocycles. The Kier molecular flexibility index (Phi) is 5.50. The number of carbonyl (C=O) groups excluding carboxylic acids is 1. The predicted octanol–water partition coefficient (Wildman–Crippen LogP) is 5.93. The average Bonchev–Trinajstić information content (AvgIpc) is 3.39. The maximum absolute atomic E-state index is 13.9. The molecule has 2 heterocycles. The van der Waals surface area contributed by atoms with Crippen LogP contribution in [0.4, 0.5) is 10.1 Å². The Morgan fingerprint density at radius 1 is 1.00 bits per heavy atom. The van der Waals surface area contributed by atoms with Gasteiger partial charge in [-0.05, 0) is 36.4 Å². The van der Waals surface area contributed by atoms with Gasteiger partial charge in [-0.1, -0.05) is 53.3 Å². The van der Waals surface area contributed by atoms with E-state index in [0.717, 1.165) is 11.3 Å². The van der Waals surface area contributed by atoms with Crippen LogP contribution >= 0.6 is 22.9 Å². The lowest BCUT2D eigenvalue weighted by molar-refractivity contribution is 0.102. The molecule has 2 aromatic heterocycles. The Balaban J connectivity index is 1.50. The fraction of sp³-hybridized carbons (Fsp3) is 0. The number of nitrogens with zero attached hydrogens (tertiary/aromatic N) is 2. The molecule has 4 rings (SSSR count). The van der Waals surface area contributed by atoms with E-state index >= 15 is 0 Å². The van der Waals surface area contributed by atoms with Crippen LogP contribution in [0, 0.1) is 5.82 Å². The van der Waals surface area contributed by atoms with Crippen molar-refractivity contribution in [2.24, 2.45) is 0 Å². The highest BCUT2D eigenvalue weighted by atomic mass is 35.5. The fourth-order valence-corrected chi connectivity index (χ4v) is 3.45. The van der Waals surface area contributed by atoms with Gasteiger partial charge in [0.15, 0.2) is 5.01 Å². The van der Waals surface area contributed by atoms with Gasteiger partial charge in [0.2, 0.25) is 5.01 Å². The van der Waals surface area contributed by atoms with Gasteiger partial charge in [0.05, 0.1) is 10.6 Å². The summed E-state index contributed by atoms with van der Waals surface area (Å²) in [6, 6.07) is 18.7. The Morgan fingerprint density at radius 3 is 2.52 bits per heavy atom. The second-order valence-electron chi connectivity index (χ2n) is 5.91. The molecular formula is C21H13ClFN3O2S. The number of furan rings is 1. The summed E-state index contributed by atoms with van der Waals surface area (Å²) < 4.78 is 19.5. The molecule has 0 spiro atoms. The molecular weight excluding hydrogens is 413 g/mol. The van der Waals surface area contributed by atoms with E-state index < -0.39 is 0 Å². The van der Waals surface area contributed by atoms with Crippen molar-refractivity contribution in [2.75, 3.05) is 5.32 Å². The van der Waals surface area contributed by atoms with Crippen LogP contribution in [-0.2, 0) is 0 Å². The van der Waals surface area contributed by atoms with Crippen LogP contribution in [0.25, 0.3) is 22.4 Å². The summed E-state index contributed by atoms with van der Waals surface area (Å²) in [7, 11) is 0. The number of halogens is 2. The number of carbonyl (C=O) groups is 1. The summed E-state index contributed by atoms with van der Waals surface area (Å²) in [5.74, 6) is 0.0728. The minimum Gasteiger partial charge on any atom is -0.457 e. The van der Waals surface area contributed by atoms with Crippen molar-refractivity contribution < 1.29 is 13.6 Å². The molecule has 1 N–H and O–H groups in total. The van der Waals surface area contributed by atoms with Crippen LogP contribution in [0.1, 0.15) is 20.6 Å². The number of para-hydroxylation sites is 1. The van der Waals surface area contributed by atoms with Gasteiger partial charge in [0.1, 0.15) is 17.3 Å². The van der Waals surface area contributed by atoms with Gasteiger partial charge in [0, 0.05) is 11.8 Å². The van der Waals surface area contributed by atoms with E-state index in [1.54, 1.807) is 48.5 Å². The number of benzene rings is 2. The predicted molar refractivity (Wildman–Crippen MR) is 112 cm³/mol. The van der Waals surface area contributed by atoms with Crippen LogP contribution in [0.3, 0.4) is 0 Å². The van der Waals surface area contributed by atoms with Crippen molar-refractivity contribution >= 4 is 45.6 Å². The fourth-order valence-electron chi connectivity index (χ4n) is 2.54. The molecule has 2 aromatic carbocycles. The van der Waals surface area contributed by atoms with Gasteiger partial charge in [-0.2, -0.15) is 0 Å². The Labute approximate surface area is 174 Å². The minimum atomic E-state index is -0.373. The van der Waals surface area contributed by atoms with E-state index in [0.29, 0.717) is 27.8 Å². The quantitative estimate of drug-likeness (QED) is 0.430. The first-order valence-electron chi connectivity index (χ1n) is 8.52. The topological polar surface area (TPSA) is 68.0 Å². The molecule has 144 valence electrons. The van der Waals surface area contributed by atoms with Crippen molar-refractivity contribution in [3.8, 4) is 11.3 Å². The largest absolute Gasteiger partial charge is 0.457 e. The zero-order valence-corrected chi connectivity index (χ0v) is 16.4. The SMILES string of the molecule is O=C(Nc1ccccc1)c1nnc(/C(Cl)=C/c2ccc(-c3ccccc3F)o2)s1. The lowest BCUT2D eigenvalue weighted by Crippen LogP contribution is -2.11. The molecule has 0 unspecified atom stereocenters. The summed E-state index contributed by atoms with van der Waals surface area (Å²) in [4.78, 5) is 12.3. The highest BCUT2D eigenvalue weighted by Crippen LogP contribution is 2.29. The van der Waals surface area contributed by atoms with Gasteiger partial charge in [-0.15, -0.1) is 10.2 Å². The van der Waals surface area contributed by atoms with E-state index in [9.17, 15) is 9.18 Å². The molecule has 0 aliphatic rings. The van der Waals surface area contributed by atoms with Crippen molar-refractivity contribution in [1.29, 1.82) is 0 Å². The maximum Gasteiger partial charge on any atom is 0.286 e. The lowest BCUT2D eigenvalue weighted by Gasteiger charge is -2.00. The molecule has 0 aliphatic heterocycles. The van der Waals surface area contributed by atoms with E-state index in [4.69, 9.17) is 16.0 Å². The molecule has 1 amide bonds.